The number of anilines is 1. The van der Waals surface area contributed by atoms with Crippen molar-refractivity contribution in [1.82, 2.24) is 20.1 Å². The largest absolute Gasteiger partial charge is 0.369 e. The van der Waals surface area contributed by atoms with E-state index in [1.54, 1.807) is 6.20 Å². The number of aromatic amines is 1. The highest BCUT2D eigenvalue weighted by Gasteiger charge is 2.17. The second-order valence-electron chi connectivity index (χ2n) is 7.63. The lowest BCUT2D eigenvalue weighted by molar-refractivity contribution is 0.313. The topological polar surface area (TPSA) is 48.1 Å². The number of hydrogen-bond acceptors (Lipinski definition) is 4. The Labute approximate surface area is 173 Å². The zero-order chi connectivity index (χ0) is 20.7. The molecule has 1 saturated heterocycles. The summed E-state index contributed by atoms with van der Waals surface area (Å²) < 4.78 is 28.0. The van der Waals surface area contributed by atoms with Crippen molar-refractivity contribution >= 4 is 16.7 Å². The van der Waals surface area contributed by atoms with Crippen molar-refractivity contribution in [3.63, 3.8) is 0 Å². The summed E-state index contributed by atoms with van der Waals surface area (Å²) in [4.78, 5) is 9.11. The van der Waals surface area contributed by atoms with Gasteiger partial charge in [0.2, 0.25) is 0 Å². The van der Waals surface area contributed by atoms with Gasteiger partial charge in [0, 0.05) is 54.6 Å². The van der Waals surface area contributed by atoms with Gasteiger partial charge in [-0.3, -0.25) is 5.10 Å². The summed E-state index contributed by atoms with van der Waals surface area (Å²) in [5.41, 5.74) is 4.13. The molecule has 3 heterocycles. The Hall–Kier alpha value is -3.32. The van der Waals surface area contributed by atoms with Crippen LogP contribution in [-0.2, 0) is 0 Å². The van der Waals surface area contributed by atoms with Gasteiger partial charge in [-0.1, -0.05) is 18.2 Å². The van der Waals surface area contributed by atoms with E-state index in [0.29, 0.717) is 16.7 Å². The maximum absolute atomic E-state index is 14.3. The van der Waals surface area contributed by atoms with Gasteiger partial charge in [-0.2, -0.15) is 5.10 Å². The average Bonchev–Trinajstić information content (AvgIpc) is 3.19. The monoisotopic (exact) mass is 405 g/mol. The fourth-order valence-corrected chi connectivity index (χ4v) is 3.89. The Balaban J connectivity index is 1.49. The van der Waals surface area contributed by atoms with Crippen LogP contribution in [0.4, 0.5) is 14.5 Å². The molecule has 0 spiro atoms. The first-order chi connectivity index (χ1) is 14.6. The first-order valence-electron chi connectivity index (χ1n) is 9.92. The molecule has 1 aliphatic rings. The van der Waals surface area contributed by atoms with Crippen LogP contribution in [0.1, 0.15) is 0 Å². The Morgan fingerprint density at radius 3 is 2.47 bits per heavy atom. The van der Waals surface area contributed by atoms with E-state index >= 15 is 0 Å². The molecule has 4 aromatic rings. The zero-order valence-electron chi connectivity index (χ0n) is 16.6. The number of likely N-dealkylation sites (N-methyl/N-ethyl adjacent to an activating group) is 1. The van der Waals surface area contributed by atoms with Crippen LogP contribution in [0.15, 0.2) is 54.7 Å². The van der Waals surface area contributed by atoms with Crippen molar-refractivity contribution < 1.29 is 8.78 Å². The van der Waals surface area contributed by atoms with Gasteiger partial charge in [0.15, 0.2) is 17.3 Å². The summed E-state index contributed by atoms with van der Waals surface area (Å²) in [5, 5.41) is 7.60. The Morgan fingerprint density at radius 2 is 1.70 bits per heavy atom. The van der Waals surface area contributed by atoms with Crippen molar-refractivity contribution in [1.29, 1.82) is 0 Å². The third-order valence-electron chi connectivity index (χ3n) is 5.70. The van der Waals surface area contributed by atoms with Gasteiger partial charge in [0.05, 0.1) is 5.69 Å². The number of piperazine rings is 1. The van der Waals surface area contributed by atoms with E-state index in [9.17, 15) is 8.78 Å². The lowest BCUT2D eigenvalue weighted by Gasteiger charge is -2.34. The maximum atomic E-state index is 14.3. The van der Waals surface area contributed by atoms with Crippen molar-refractivity contribution in [2.24, 2.45) is 0 Å². The molecular weight excluding hydrogens is 384 g/mol. The average molecular weight is 405 g/mol. The normalized spacial score (nSPS) is 15.1. The van der Waals surface area contributed by atoms with Gasteiger partial charge < -0.3 is 9.80 Å². The minimum Gasteiger partial charge on any atom is -0.369 e. The lowest BCUT2D eigenvalue weighted by atomic mass is 10.0. The van der Waals surface area contributed by atoms with Crippen LogP contribution in [0.2, 0.25) is 0 Å². The molecule has 0 radical (unpaired) electrons. The highest BCUT2D eigenvalue weighted by Crippen LogP contribution is 2.32. The molecule has 0 atom stereocenters. The standard InChI is InChI=1S/C23H21F2N5/c1-29-9-11-30(12-10-29)17-7-5-15(6-8-17)16-13-19-22(27-28-23(19)26-14-16)18-3-2-4-20(24)21(18)25/h2-8,13-14H,9-12H2,1H3,(H,26,27,28). The number of halogens is 2. The molecular formula is C23H21F2N5. The van der Waals surface area contributed by atoms with E-state index in [1.807, 2.05) is 6.07 Å². The predicted octanol–water partition coefficient (Wildman–Crippen LogP) is 4.32. The van der Waals surface area contributed by atoms with Crippen LogP contribution < -0.4 is 4.90 Å². The van der Waals surface area contributed by atoms with E-state index < -0.39 is 11.6 Å². The minimum absolute atomic E-state index is 0.141. The summed E-state index contributed by atoms with van der Waals surface area (Å²) in [6.07, 6.45) is 1.75. The Morgan fingerprint density at radius 1 is 0.933 bits per heavy atom. The molecule has 1 N–H and O–H groups in total. The number of hydrogen-bond donors (Lipinski definition) is 1. The third-order valence-corrected chi connectivity index (χ3v) is 5.70. The van der Waals surface area contributed by atoms with Gasteiger partial charge in [-0.05, 0) is 42.9 Å². The minimum atomic E-state index is -0.898. The highest BCUT2D eigenvalue weighted by atomic mass is 19.2. The lowest BCUT2D eigenvalue weighted by Crippen LogP contribution is -2.44. The number of benzene rings is 2. The van der Waals surface area contributed by atoms with Crippen LogP contribution in [0.3, 0.4) is 0 Å². The predicted molar refractivity (Wildman–Crippen MR) is 114 cm³/mol. The summed E-state index contributed by atoms with van der Waals surface area (Å²) in [7, 11) is 2.14. The van der Waals surface area contributed by atoms with Crippen LogP contribution in [-0.4, -0.2) is 53.3 Å². The van der Waals surface area contributed by atoms with Crippen LogP contribution in [0, 0.1) is 11.6 Å². The van der Waals surface area contributed by atoms with E-state index in [0.717, 1.165) is 43.4 Å². The van der Waals surface area contributed by atoms with Gasteiger partial charge in [-0.25, -0.2) is 13.8 Å². The first-order valence-corrected chi connectivity index (χ1v) is 9.92. The van der Waals surface area contributed by atoms with Crippen molar-refractivity contribution in [2.75, 3.05) is 38.1 Å². The van der Waals surface area contributed by atoms with Gasteiger partial charge in [0.25, 0.3) is 0 Å². The zero-order valence-corrected chi connectivity index (χ0v) is 16.6. The van der Waals surface area contributed by atoms with E-state index in [4.69, 9.17) is 0 Å². The van der Waals surface area contributed by atoms with Crippen molar-refractivity contribution in [2.45, 2.75) is 0 Å². The number of rotatable bonds is 3. The number of pyridine rings is 1. The third kappa shape index (κ3) is 3.31. The molecule has 30 heavy (non-hydrogen) atoms. The fraction of sp³-hybridized carbons (Fsp3) is 0.217. The molecule has 1 fully saturated rings. The van der Waals surface area contributed by atoms with E-state index in [1.165, 1.54) is 17.8 Å². The van der Waals surface area contributed by atoms with Crippen molar-refractivity contribution in [3.8, 4) is 22.4 Å². The number of nitrogens with zero attached hydrogens (tertiary/aromatic N) is 4. The van der Waals surface area contributed by atoms with Crippen molar-refractivity contribution in [3.05, 3.63) is 66.4 Å². The molecule has 2 aromatic heterocycles. The molecule has 0 saturated carbocycles. The molecule has 0 amide bonds. The summed E-state index contributed by atoms with van der Waals surface area (Å²) in [6, 6.07) is 14.4. The summed E-state index contributed by atoms with van der Waals surface area (Å²) in [5.74, 6) is -1.79. The van der Waals surface area contributed by atoms with Crippen LogP contribution in [0.5, 0.6) is 0 Å². The summed E-state index contributed by atoms with van der Waals surface area (Å²) >= 11 is 0. The molecule has 0 aliphatic carbocycles. The van der Waals surface area contributed by atoms with Crippen LogP contribution in [0.25, 0.3) is 33.4 Å². The van der Waals surface area contributed by atoms with Gasteiger partial charge >= 0.3 is 0 Å². The highest BCUT2D eigenvalue weighted by molar-refractivity contribution is 5.93. The molecule has 5 nitrogen and oxygen atoms in total. The smallest absolute Gasteiger partial charge is 0.181 e. The fourth-order valence-electron chi connectivity index (χ4n) is 3.89. The first kappa shape index (κ1) is 18.7. The molecule has 1 aliphatic heterocycles. The SMILES string of the molecule is CN1CCN(c2ccc(-c3cnc4n[nH]c(-c5cccc(F)c5F)c4c3)cc2)CC1. The number of fused-ring (bicyclic) bond motifs is 1. The second-order valence-corrected chi connectivity index (χ2v) is 7.63. The molecule has 152 valence electrons. The number of aromatic nitrogens is 3. The molecule has 0 bridgehead atoms. The van der Waals surface area contributed by atoms with E-state index in [2.05, 4.69) is 56.3 Å². The number of H-pyrrole nitrogens is 1. The molecule has 0 unspecified atom stereocenters. The Bertz CT molecular complexity index is 1190. The van der Waals surface area contributed by atoms with Gasteiger partial charge in [0.1, 0.15) is 0 Å². The van der Waals surface area contributed by atoms with E-state index in [-0.39, 0.29) is 5.56 Å². The molecule has 2 aromatic carbocycles. The quantitative estimate of drug-likeness (QED) is 0.551. The molecule has 5 rings (SSSR count). The Kier molecular flexibility index (Phi) is 4.67. The molecule has 7 heteroatoms. The van der Waals surface area contributed by atoms with Crippen LogP contribution >= 0.6 is 0 Å². The van der Waals surface area contributed by atoms with Gasteiger partial charge in [-0.15, -0.1) is 0 Å². The summed E-state index contributed by atoms with van der Waals surface area (Å²) in [6.45, 7) is 4.15. The second kappa shape index (κ2) is 7.50. The number of nitrogens with one attached hydrogen (secondary N) is 1. The maximum Gasteiger partial charge on any atom is 0.181 e.